The summed E-state index contributed by atoms with van der Waals surface area (Å²) in [6.45, 7) is 6.91. The minimum absolute atomic E-state index is 0.134. The van der Waals surface area contributed by atoms with Crippen LogP contribution in [0.2, 0.25) is 0 Å². The maximum absolute atomic E-state index is 11.4. The van der Waals surface area contributed by atoms with Crippen molar-refractivity contribution in [1.29, 1.82) is 0 Å². The number of Topliss-reactive ketones (excluding diaryl/α,β-unsaturated/α-hetero) is 1. The van der Waals surface area contributed by atoms with Crippen molar-refractivity contribution in [2.24, 2.45) is 0 Å². The second-order valence-corrected chi connectivity index (χ2v) is 8.44. The first-order valence-electron chi connectivity index (χ1n) is 10.9. The van der Waals surface area contributed by atoms with Crippen molar-refractivity contribution < 1.29 is 4.79 Å². The second-order valence-electron chi connectivity index (χ2n) is 8.44. The van der Waals surface area contributed by atoms with Gasteiger partial charge in [-0.1, -0.05) is 55.7 Å². The van der Waals surface area contributed by atoms with Crippen LogP contribution in [0.15, 0.2) is 48.5 Å². The van der Waals surface area contributed by atoms with E-state index < -0.39 is 0 Å². The third kappa shape index (κ3) is 4.64. The van der Waals surface area contributed by atoms with E-state index in [1.165, 1.54) is 48.9 Å². The van der Waals surface area contributed by atoms with Gasteiger partial charge in [0.25, 0.3) is 0 Å². The first-order chi connectivity index (χ1) is 13.7. The van der Waals surface area contributed by atoms with Crippen LogP contribution in [0.1, 0.15) is 66.4 Å². The Labute approximate surface area is 169 Å². The third-order valence-corrected chi connectivity index (χ3v) is 6.47. The van der Waals surface area contributed by atoms with Gasteiger partial charge in [0.15, 0.2) is 5.78 Å². The van der Waals surface area contributed by atoms with Crippen LogP contribution < -0.4 is 4.90 Å². The molecule has 0 N–H and O–H groups in total. The Morgan fingerprint density at radius 1 is 0.857 bits per heavy atom. The Balaban J connectivity index is 1.29. The van der Waals surface area contributed by atoms with E-state index in [0.29, 0.717) is 0 Å². The van der Waals surface area contributed by atoms with Gasteiger partial charge in [0, 0.05) is 44.0 Å². The van der Waals surface area contributed by atoms with Crippen molar-refractivity contribution in [2.75, 3.05) is 31.1 Å². The van der Waals surface area contributed by atoms with Gasteiger partial charge in [-0.15, -0.1) is 0 Å². The Kier molecular flexibility index (Phi) is 6.11. The van der Waals surface area contributed by atoms with Crippen LogP contribution in [-0.2, 0) is 6.54 Å². The molecule has 0 aromatic heterocycles. The van der Waals surface area contributed by atoms with Crippen LogP contribution in [0.3, 0.4) is 0 Å². The number of ketones is 1. The van der Waals surface area contributed by atoms with Crippen molar-refractivity contribution in [3.05, 3.63) is 65.2 Å². The Hall–Kier alpha value is -2.13. The Bertz CT molecular complexity index is 767. The van der Waals surface area contributed by atoms with Crippen LogP contribution in [0.4, 0.5) is 5.69 Å². The van der Waals surface area contributed by atoms with E-state index in [4.69, 9.17) is 0 Å². The van der Waals surface area contributed by atoms with E-state index in [9.17, 15) is 4.79 Å². The molecular formula is C25H32N2O. The quantitative estimate of drug-likeness (QED) is 0.665. The van der Waals surface area contributed by atoms with Gasteiger partial charge in [-0.25, -0.2) is 0 Å². The highest BCUT2D eigenvalue weighted by atomic mass is 16.1. The van der Waals surface area contributed by atoms with Gasteiger partial charge >= 0.3 is 0 Å². The minimum Gasteiger partial charge on any atom is -0.369 e. The molecule has 3 heteroatoms. The summed E-state index contributed by atoms with van der Waals surface area (Å²) in [4.78, 5) is 16.4. The predicted octanol–water partition coefficient (Wildman–Crippen LogP) is 5.26. The molecule has 2 aromatic rings. The van der Waals surface area contributed by atoms with E-state index in [2.05, 4.69) is 46.2 Å². The zero-order valence-corrected chi connectivity index (χ0v) is 17.1. The number of hydrogen-bond acceptors (Lipinski definition) is 3. The maximum Gasteiger partial charge on any atom is 0.159 e. The highest BCUT2D eigenvalue weighted by molar-refractivity contribution is 5.94. The highest BCUT2D eigenvalue weighted by Gasteiger charge is 2.19. The normalized spacial score (nSPS) is 19.0. The summed E-state index contributed by atoms with van der Waals surface area (Å²) < 4.78 is 0. The molecule has 4 rings (SSSR count). The molecule has 2 aliphatic rings. The van der Waals surface area contributed by atoms with Gasteiger partial charge in [0.2, 0.25) is 0 Å². The molecule has 0 radical (unpaired) electrons. The van der Waals surface area contributed by atoms with Gasteiger partial charge in [0.05, 0.1) is 0 Å². The molecule has 1 saturated carbocycles. The summed E-state index contributed by atoms with van der Waals surface area (Å²) in [6, 6.07) is 17.5. The summed E-state index contributed by atoms with van der Waals surface area (Å²) in [6.07, 6.45) is 6.94. The molecule has 28 heavy (non-hydrogen) atoms. The van der Waals surface area contributed by atoms with Gasteiger partial charge in [-0.3, -0.25) is 9.69 Å². The molecule has 0 spiro atoms. The number of carbonyl (C=O) groups excluding carboxylic acids is 1. The fourth-order valence-corrected chi connectivity index (χ4v) is 4.66. The van der Waals surface area contributed by atoms with Crippen LogP contribution in [0.25, 0.3) is 0 Å². The molecule has 2 aromatic carbocycles. The SMILES string of the molecule is CC(=O)c1ccc(CN2CCN(c3ccc(C4CCCCC4)cc3)CC2)cc1. The average molecular weight is 377 g/mol. The first-order valence-corrected chi connectivity index (χ1v) is 10.9. The van der Waals surface area contributed by atoms with Crippen molar-refractivity contribution in [3.63, 3.8) is 0 Å². The lowest BCUT2D eigenvalue weighted by molar-refractivity contribution is 0.101. The number of benzene rings is 2. The lowest BCUT2D eigenvalue weighted by atomic mass is 9.84. The van der Waals surface area contributed by atoms with Crippen molar-refractivity contribution in [2.45, 2.75) is 51.5 Å². The van der Waals surface area contributed by atoms with E-state index in [-0.39, 0.29) is 5.78 Å². The third-order valence-electron chi connectivity index (χ3n) is 6.47. The summed E-state index contributed by atoms with van der Waals surface area (Å²) in [7, 11) is 0. The molecule has 1 heterocycles. The maximum atomic E-state index is 11.4. The molecule has 1 saturated heterocycles. The zero-order chi connectivity index (χ0) is 19.3. The number of anilines is 1. The van der Waals surface area contributed by atoms with E-state index in [1.54, 1.807) is 6.92 Å². The summed E-state index contributed by atoms with van der Waals surface area (Å²) in [5.41, 5.74) is 4.99. The average Bonchev–Trinajstić information content (AvgIpc) is 2.75. The van der Waals surface area contributed by atoms with E-state index >= 15 is 0 Å². The molecule has 0 bridgehead atoms. The molecular weight excluding hydrogens is 344 g/mol. The fourth-order valence-electron chi connectivity index (χ4n) is 4.66. The van der Waals surface area contributed by atoms with Crippen LogP contribution in [-0.4, -0.2) is 36.9 Å². The zero-order valence-electron chi connectivity index (χ0n) is 17.1. The molecule has 0 unspecified atom stereocenters. The van der Waals surface area contributed by atoms with Crippen LogP contribution in [0.5, 0.6) is 0 Å². The number of piperazine rings is 1. The lowest BCUT2D eigenvalue weighted by Crippen LogP contribution is -2.45. The molecule has 0 atom stereocenters. The lowest BCUT2D eigenvalue weighted by Gasteiger charge is -2.36. The molecule has 1 aliphatic carbocycles. The van der Waals surface area contributed by atoms with Gasteiger partial charge < -0.3 is 4.90 Å². The molecule has 1 aliphatic heterocycles. The van der Waals surface area contributed by atoms with Gasteiger partial charge in [-0.05, 0) is 48.9 Å². The van der Waals surface area contributed by atoms with Gasteiger partial charge in [-0.2, -0.15) is 0 Å². The topological polar surface area (TPSA) is 23.6 Å². The predicted molar refractivity (Wildman–Crippen MR) is 116 cm³/mol. The number of rotatable bonds is 5. The molecule has 2 fully saturated rings. The standard InChI is InChI=1S/C25H32N2O/c1-20(28)22-9-7-21(8-10-22)19-26-15-17-27(18-16-26)25-13-11-24(12-14-25)23-5-3-2-4-6-23/h7-14,23H,2-6,15-19H2,1H3. The van der Waals surface area contributed by atoms with Crippen molar-refractivity contribution >= 4 is 11.5 Å². The van der Waals surface area contributed by atoms with Gasteiger partial charge in [0.1, 0.15) is 0 Å². The summed E-state index contributed by atoms with van der Waals surface area (Å²) >= 11 is 0. The number of carbonyl (C=O) groups is 1. The fraction of sp³-hybridized carbons (Fsp3) is 0.480. The summed E-state index contributed by atoms with van der Waals surface area (Å²) in [5, 5.41) is 0. The number of hydrogen-bond donors (Lipinski definition) is 0. The van der Waals surface area contributed by atoms with Crippen LogP contribution >= 0.6 is 0 Å². The number of nitrogens with zero attached hydrogens (tertiary/aromatic N) is 2. The molecule has 148 valence electrons. The summed E-state index contributed by atoms with van der Waals surface area (Å²) in [5.74, 6) is 0.920. The minimum atomic E-state index is 0.134. The molecule has 0 amide bonds. The first kappa shape index (κ1) is 19.2. The van der Waals surface area contributed by atoms with Crippen molar-refractivity contribution in [3.8, 4) is 0 Å². The molecule has 3 nitrogen and oxygen atoms in total. The second kappa shape index (κ2) is 8.91. The van der Waals surface area contributed by atoms with Crippen LogP contribution in [0, 0.1) is 0 Å². The smallest absolute Gasteiger partial charge is 0.159 e. The highest BCUT2D eigenvalue weighted by Crippen LogP contribution is 2.33. The van der Waals surface area contributed by atoms with Crippen molar-refractivity contribution in [1.82, 2.24) is 4.90 Å². The van der Waals surface area contributed by atoms with E-state index in [1.807, 2.05) is 12.1 Å². The largest absolute Gasteiger partial charge is 0.369 e. The monoisotopic (exact) mass is 376 g/mol. The van der Waals surface area contributed by atoms with E-state index in [0.717, 1.165) is 44.2 Å². The Morgan fingerprint density at radius 2 is 1.50 bits per heavy atom. The Morgan fingerprint density at radius 3 is 2.11 bits per heavy atom.